The maximum atomic E-state index is 10.6. The van der Waals surface area contributed by atoms with Crippen LogP contribution in [0.3, 0.4) is 0 Å². The zero-order valence-corrected chi connectivity index (χ0v) is 8.55. The van der Waals surface area contributed by atoms with Gasteiger partial charge >= 0.3 is 5.97 Å². The van der Waals surface area contributed by atoms with Gasteiger partial charge in [-0.15, -0.1) is 5.73 Å². The molecular weight excluding hydrogens is 196 g/mol. The molecule has 0 radical (unpaired) electrons. The summed E-state index contributed by atoms with van der Waals surface area (Å²) in [5.74, 6) is -0.353. The number of hydrogen-bond acceptors (Lipinski definition) is 4. The molecule has 0 aromatic heterocycles. The predicted octanol–water partition coefficient (Wildman–Crippen LogP) is 0.575. The van der Waals surface area contributed by atoms with Gasteiger partial charge in [-0.05, 0) is 6.08 Å². The van der Waals surface area contributed by atoms with Crippen molar-refractivity contribution in [3.8, 4) is 0 Å². The average molecular weight is 210 g/mol. The summed E-state index contributed by atoms with van der Waals surface area (Å²) >= 11 is 0. The Bertz CT molecular complexity index is 302. The number of aliphatic hydroxyl groups excluding tert-OH is 1. The van der Waals surface area contributed by atoms with Gasteiger partial charge in [0.2, 0.25) is 0 Å². The average Bonchev–Trinajstić information content (AvgIpc) is 2.19. The Balaban J connectivity index is 2.52. The molecule has 4 heteroatoms. The van der Waals surface area contributed by atoms with Crippen molar-refractivity contribution in [3.63, 3.8) is 0 Å². The second kappa shape index (κ2) is 5.51. The van der Waals surface area contributed by atoms with Crippen molar-refractivity contribution in [2.24, 2.45) is 0 Å². The summed E-state index contributed by atoms with van der Waals surface area (Å²) in [5, 5.41) is 9.48. The highest BCUT2D eigenvalue weighted by molar-refractivity contribution is 5.65. The molecular formula is C11H14O4. The van der Waals surface area contributed by atoms with Gasteiger partial charge < -0.3 is 14.6 Å². The van der Waals surface area contributed by atoms with E-state index in [1.54, 1.807) is 12.2 Å². The quantitative estimate of drug-likeness (QED) is 0.420. The first-order chi connectivity index (χ1) is 7.13. The van der Waals surface area contributed by atoms with Crippen LogP contribution in [0.5, 0.6) is 0 Å². The van der Waals surface area contributed by atoms with E-state index >= 15 is 0 Å². The SMILES string of the molecule is C=C=C[C@@H]1O[C@H](COC(C)=O)C=C[C@H]1O. The first-order valence-corrected chi connectivity index (χ1v) is 4.64. The van der Waals surface area contributed by atoms with E-state index in [0.29, 0.717) is 0 Å². The first kappa shape index (κ1) is 11.7. The van der Waals surface area contributed by atoms with Gasteiger partial charge in [-0.25, -0.2) is 0 Å². The summed E-state index contributed by atoms with van der Waals surface area (Å²) in [4.78, 5) is 10.6. The molecule has 1 heterocycles. The Morgan fingerprint density at radius 3 is 3.07 bits per heavy atom. The molecule has 1 aliphatic heterocycles. The van der Waals surface area contributed by atoms with Gasteiger partial charge in [0, 0.05) is 6.92 Å². The third-order valence-electron chi connectivity index (χ3n) is 1.92. The fraction of sp³-hybridized carbons (Fsp3) is 0.455. The number of esters is 1. The van der Waals surface area contributed by atoms with Gasteiger partial charge in [0.25, 0.3) is 0 Å². The van der Waals surface area contributed by atoms with Gasteiger partial charge in [-0.1, -0.05) is 18.7 Å². The van der Waals surface area contributed by atoms with E-state index in [1.807, 2.05) is 0 Å². The van der Waals surface area contributed by atoms with Gasteiger partial charge in [0.15, 0.2) is 0 Å². The van der Waals surface area contributed by atoms with Crippen molar-refractivity contribution in [1.82, 2.24) is 0 Å². The number of carbonyl (C=O) groups is 1. The highest BCUT2D eigenvalue weighted by Crippen LogP contribution is 2.14. The summed E-state index contributed by atoms with van der Waals surface area (Å²) in [6.07, 6.45) is 3.30. The maximum absolute atomic E-state index is 10.6. The molecule has 1 N–H and O–H groups in total. The molecule has 1 rings (SSSR count). The van der Waals surface area contributed by atoms with Crippen molar-refractivity contribution >= 4 is 5.97 Å². The van der Waals surface area contributed by atoms with Crippen LogP contribution in [-0.2, 0) is 14.3 Å². The molecule has 0 amide bonds. The third-order valence-corrected chi connectivity index (χ3v) is 1.92. The lowest BCUT2D eigenvalue weighted by Crippen LogP contribution is -2.35. The molecule has 0 saturated carbocycles. The fourth-order valence-electron chi connectivity index (χ4n) is 1.22. The van der Waals surface area contributed by atoms with E-state index in [4.69, 9.17) is 9.47 Å². The lowest BCUT2D eigenvalue weighted by Gasteiger charge is -2.26. The minimum absolute atomic E-state index is 0.153. The monoisotopic (exact) mass is 210 g/mol. The number of hydrogen-bond donors (Lipinski definition) is 1. The van der Waals surface area contributed by atoms with Crippen LogP contribution in [0.25, 0.3) is 0 Å². The maximum Gasteiger partial charge on any atom is 0.302 e. The molecule has 0 unspecified atom stereocenters. The third kappa shape index (κ3) is 3.72. The van der Waals surface area contributed by atoms with Crippen LogP contribution >= 0.6 is 0 Å². The van der Waals surface area contributed by atoms with E-state index in [9.17, 15) is 9.90 Å². The van der Waals surface area contributed by atoms with Crippen LogP contribution in [-0.4, -0.2) is 36.0 Å². The van der Waals surface area contributed by atoms with E-state index < -0.39 is 12.2 Å². The molecule has 0 saturated heterocycles. The minimum Gasteiger partial charge on any atom is -0.463 e. The summed E-state index contributed by atoms with van der Waals surface area (Å²) in [6.45, 7) is 4.90. The largest absolute Gasteiger partial charge is 0.463 e. The number of rotatable bonds is 3. The number of ether oxygens (including phenoxy) is 2. The van der Waals surface area contributed by atoms with Crippen molar-refractivity contribution in [2.75, 3.05) is 6.61 Å². The van der Waals surface area contributed by atoms with Crippen LogP contribution in [0.1, 0.15) is 6.92 Å². The van der Waals surface area contributed by atoms with Crippen molar-refractivity contribution in [1.29, 1.82) is 0 Å². The highest BCUT2D eigenvalue weighted by Gasteiger charge is 2.23. The van der Waals surface area contributed by atoms with E-state index in [2.05, 4.69) is 12.3 Å². The molecule has 0 aliphatic carbocycles. The normalized spacial score (nSPS) is 29.3. The van der Waals surface area contributed by atoms with E-state index in [0.717, 1.165) is 0 Å². The van der Waals surface area contributed by atoms with Crippen LogP contribution in [0.15, 0.2) is 30.5 Å². The zero-order chi connectivity index (χ0) is 11.3. The Hall–Kier alpha value is -1.35. The zero-order valence-electron chi connectivity index (χ0n) is 8.55. The first-order valence-electron chi connectivity index (χ1n) is 4.64. The number of carbonyl (C=O) groups excluding carboxylic acids is 1. The predicted molar refractivity (Wildman–Crippen MR) is 54.2 cm³/mol. The van der Waals surface area contributed by atoms with Crippen LogP contribution in [0.4, 0.5) is 0 Å². The number of aliphatic hydroxyl groups is 1. The molecule has 0 bridgehead atoms. The van der Waals surface area contributed by atoms with E-state index in [1.165, 1.54) is 13.0 Å². The molecule has 0 aromatic rings. The summed E-state index contributed by atoms with van der Waals surface area (Å²) in [6, 6.07) is 0. The van der Waals surface area contributed by atoms with Gasteiger partial charge in [0.05, 0.1) is 0 Å². The summed E-state index contributed by atoms with van der Waals surface area (Å²) < 4.78 is 10.2. The van der Waals surface area contributed by atoms with Crippen molar-refractivity contribution in [3.05, 3.63) is 30.5 Å². The van der Waals surface area contributed by atoms with Crippen LogP contribution in [0.2, 0.25) is 0 Å². The molecule has 15 heavy (non-hydrogen) atoms. The minimum atomic E-state index is -0.701. The molecule has 0 fully saturated rings. The van der Waals surface area contributed by atoms with E-state index in [-0.39, 0.29) is 18.7 Å². The molecule has 3 atom stereocenters. The molecule has 1 aliphatic rings. The van der Waals surface area contributed by atoms with Crippen molar-refractivity contribution in [2.45, 2.75) is 25.2 Å². The highest BCUT2D eigenvalue weighted by atomic mass is 16.6. The lowest BCUT2D eigenvalue weighted by atomic mass is 10.1. The van der Waals surface area contributed by atoms with Gasteiger partial charge in [0.1, 0.15) is 24.9 Å². The summed E-state index contributed by atoms with van der Waals surface area (Å²) in [7, 11) is 0. The molecule has 82 valence electrons. The lowest BCUT2D eigenvalue weighted by molar-refractivity contribution is -0.146. The van der Waals surface area contributed by atoms with Gasteiger partial charge in [-0.2, -0.15) is 0 Å². The van der Waals surface area contributed by atoms with Crippen LogP contribution in [0, 0.1) is 0 Å². The smallest absolute Gasteiger partial charge is 0.302 e. The molecule has 0 aromatic carbocycles. The second-order valence-electron chi connectivity index (χ2n) is 3.19. The standard InChI is InChI=1S/C11H14O4/c1-3-4-11-10(13)6-5-9(15-11)7-14-8(2)12/h4-6,9-11,13H,1,7H2,2H3/t9-,10+,11-/m0/s1. The Kier molecular flexibility index (Phi) is 4.31. The topological polar surface area (TPSA) is 55.8 Å². The molecule has 0 spiro atoms. The fourth-order valence-corrected chi connectivity index (χ4v) is 1.22. The van der Waals surface area contributed by atoms with Crippen LogP contribution < -0.4 is 0 Å². The van der Waals surface area contributed by atoms with Gasteiger partial charge in [-0.3, -0.25) is 4.79 Å². The Labute approximate surface area is 88.5 Å². The second-order valence-corrected chi connectivity index (χ2v) is 3.19. The summed E-state index contributed by atoms with van der Waals surface area (Å²) in [5.41, 5.74) is 2.55. The Morgan fingerprint density at radius 1 is 1.73 bits per heavy atom. The Morgan fingerprint density at radius 2 is 2.47 bits per heavy atom. The van der Waals surface area contributed by atoms with Crippen molar-refractivity contribution < 1.29 is 19.4 Å². The molecule has 4 nitrogen and oxygen atoms in total.